The van der Waals surface area contributed by atoms with Crippen molar-refractivity contribution in [3.8, 4) is 0 Å². The van der Waals surface area contributed by atoms with Crippen molar-refractivity contribution in [2.45, 2.75) is 13.0 Å². The fourth-order valence-corrected chi connectivity index (χ4v) is 3.08. The van der Waals surface area contributed by atoms with Crippen LogP contribution in [0.4, 0.5) is 18.0 Å². The van der Waals surface area contributed by atoms with Gasteiger partial charge in [0.1, 0.15) is 23.4 Å². The van der Waals surface area contributed by atoms with Gasteiger partial charge in [-0.05, 0) is 19.1 Å². The summed E-state index contributed by atoms with van der Waals surface area (Å²) < 4.78 is 41.0. The molecule has 1 aliphatic rings. The van der Waals surface area contributed by atoms with E-state index in [-0.39, 0.29) is 33.4 Å². The highest BCUT2D eigenvalue weighted by atomic mass is 35.5. The normalized spacial score (nSPS) is 15.9. The Kier molecular flexibility index (Phi) is 5.92. The van der Waals surface area contributed by atoms with Crippen molar-refractivity contribution in [3.05, 3.63) is 75.5 Å². The lowest BCUT2D eigenvalue weighted by Crippen LogP contribution is -2.47. The average molecular weight is 439 g/mol. The SMILES string of the molecule is CC1=C(C(=O)NNC(N)=O)C(c2ccc(F)cc2Cl)N=C(c2ncc(F)cc2F)N1. The van der Waals surface area contributed by atoms with E-state index in [1.807, 2.05) is 5.43 Å². The molecule has 0 aliphatic carbocycles. The number of nitrogens with one attached hydrogen (secondary N) is 3. The molecule has 0 spiro atoms. The first-order valence-electron chi connectivity index (χ1n) is 8.35. The number of rotatable bonds is 3. The maximum Gasteiger partial charge on any atom is 0.330 e. The van der Waals surface area contributed by atoms with E-state index in [0.29, 0.717) is 6.07 Å². The van der Waals surface area contributed by atoms with E-state index in [1.54, 1.807) is 0 Å². The molecule has 8 nitrogen and oxygen atoms in total. The van der Waals surface area contributed by atoms with Crippen LogP contribution in [-0.4, -0.2) is 22.8 Å². The molecule has 0 radical (unpaired) electrons. The summed E-state index contributed by atoms with van der Waals surface area (Å²) in [5.41, 5.74) is 9.11. The van der Waals surface area contributed by atoms with Crippen molar-refractivity contribution in [1.82, 2.24) is 21.2 Å². The number of amidine groups is 1. The van der Waals surface area contributed by atoms with Crippen molar-refractivity contribution < 1.29 is 22.8 Å². The summed E-state index contributed by atoms with van der Waals surface area (Å²) in [4.78, 5) is 31.5. The number of carbonyl (C=O) groups is 2. The molecule has 1 aromatic heterocycles. The summed E-state index contributed by atoms with van der Waals surface area (Å²) in [6, 6.07) is 1.94. The second-order valence-corrected chi connectivity index (χ2v) is 6.54. The third kappa shape index (κ3) is 4.35. The van der Waals surface area contributed by atoms with Gasteiger partial charge in [0.05, 0.1) is 11.8 Å². The number of pyridine rings is 1. The summed E-state index contributed by atoms with van der Waals surface area (Å²) >= 11 is 6.14. The lowest BCUT2D eigenvalue weighted by Gasteiger charge is -2.27. The number of nitrogens with zero attached hydrogens (tertiary/aromatic N) is 2. The zero-order valence-electron chi connectivity index (χ0n) is 15.3. The highest BCUT2D eigenvalue weighted by molar-refractivity contribution is 6.31. The van der Waals surface area contributed by atoms with Gasteiger partial charge in [0.15, 0.2) is 11.7 Å². The molecule has 1 unspecified atom stereocenters. The maximum absolute atomic E-state index is 14.2. The molecule has 1 aliphatic heterocycles. The van der Waals surface area contributed by atoms with Gasteiger partial charge in [0, 0.05) is 22.3 Å². The second-order valence-electron chi connectivity index (χ2n) is 6.14. The molecule has 3 rings (SSSR count). The molecule has 156 valence electrons. The molecule has 1 aromatic carbocycles. The van der Waals surface area contributed by atoms with Crippen LogP contribution in [0.25, 0.3) is 0 Å². The summed E-state index contributed by atoms with van der Waals surface area (Å²) in [6.07, 6.45) is 0.806. The van der Waals surface area contributed by atoms with E-state index in [0.717, 1.165) is 18.3 Å². The second kappa shape index (κ2) is 8.41. The number of carbonyl (C=O) groups excluding carboxylic acids is 2. The molecule has 0 saturated carbocycles. The van der Waals surface area contributed by atoms with Crippen LogP contribution in [0.3, 0.4) is 0 Å². The minimum Gasteiger partial charge on any atom is -0.350 e. The van der Waals surface area contributed by atoms with E-state index >= 15 is 0 Å². The van der Waals surface area contributed by atoms with Gasteiger partial charge in [-0.15, -0.1) is 0 Å². The number of primary amides is 1. The van der Waals surface area contributed by atoms with Crippen LogP contribution in [-0.2, 0) is 4.79 Å². The van der Waals surface area contributed by atoms with E-state index in [2.05, 4.69) is 20.7 Å². The third-order valence-corrected chi connectivity index (χ3v) is 4.40. The molecule has 0 bridgehead atoms. The molecule has 12 heteroatoms. The first-order chi connectivity index (χ1) is 14.2. The standard InChI is InChI=1S/C18H14ClF3N6O2/c1-7-13(17(29)27-28-18(23)30)14(10-3-2-8(20)4-11(10)19)26-16(25-7)15-12(22)5-9(21)6-24-15/h2-6,14H,1H3,(H,25,26)(H,27,29)(H3,23,28,30). The summed E-state index contributed by atoms with van der Waals surface area (Å²) in [5.74, 6) is -3.37. The number of urea groups is 1. The third-order valence-electron chi connectivity index (χ3n) is 4.07. The monoisotopic (exact) mass is 438 g/mol. The maximum atomic E-state index is 14.2. The largest absolute Gasteiger partial charge is 0.350 e. The molecular formula is C18H14ClF3N6O2. The number of hydrogen-bond acceptors (Lipinski definition) is 5. The number of aromatic nitrogens is 1. The van der Waals surface area contributed by atoms with Gasteiger partial charge in [0.2, 0.25) is 0 Å². The van der Waals surface area contributed by atoms with Crippen molar-refractivity contribution in [1.29, 1.82) is 0 Å². The van der Waals surface area contributed by atoms with Crippen LogP contribution in [0.5, 0.6) is 0 Å². The number of benzene rings is 1. The molecule has 5 N–H and O–H groups in total. The minimum atomic E-state index is -1.13. The predicted molar refractivity (Wildman–Crippen MR) is 102 cm³/mol. The Labute approximate surface area is 173 Å². The molecule has 1 atom stereocenters. The van der Waals surface area contributed by atoms with Gasteiger partial charge in [-0.1, -0.05) is 17.7 Å². The van der Waals surface area contributed by atoms with Gasteiger partial charge >= 0.3 is 6.03 Å². The topological polar surface area (TPSA) is 122 Å². The first-order valence-corrected chi connectivity index (χ1v) is 8.73. The summed E-state index contributed by atoms with van der Waals surface area (Å²) in [5, 5.41) is 2.68. The summed E-state index contributed by atoms with van der Waals surface area (Å²) in [7, 11) is 0. The van der Waals surface area contributed by atoms with Gasteiger partial charge in [-0.2, -0.15) is 0 Å². The van der Waals surface area contributed by atoms with Crippen molar-refractivity contribution in [2.75, 3.05) is 0 Å². The van der Waals surface area contributed by atoms with Crippen LogP contribution in [0, 0.1) is 17.5 Å². The minimum absolute atomic E-state index is 0.0106. The van der Waals surface area contributed by atoms with E-state index in [9.17, 15) is 22.8 Å². The van der Waals surface area contributed by atoms with Gasteiger partial charge in [-0.3, -0.25) is 15.2 Å². The predicted octanol–water partition coefficient (Wildman–Crippen LogP) is 2.22. The van der Waals surface area contributed by atoms with E-state index in [1.165, 1.54) is 13.0 Å². The Balaban J connectivity index is 2.11. The van der Waals surface area contributed by atoms with Crippen LogP contribution in [0.2, 0.25) is 5.02 Å². The fourth-order valence-electron chi connectivity index (χ4n) is 2.81. The van der Waals surface area contributed by atoms with Crippen LogP contribution >= 0.6 is 11.6 Å². The van der Waals surface area contributed by atoms with Crippen LogP contribution in [0.15, 0.2) is 46.7 Å². The fraction of sp³-hybridized carbons (Fsp3) is 0.111. The van der Waals surface area contributed by atoms with Gasteiger partial charge in [-0.25, -0.2) is 28.4 Å². The molecule has 2 heterocycles. The molecule has 2 aromatic rings. The molecule has 0 fully saturated rings. The zero-order valence-corrected chi connectivity index (χ0v) is 16.0. The molecule has 3 amide bonds. The highest BCUT2D eigenvalue weighted by Crippen LogP contribution is 2.35. The number of hydrazine groups is 1. The lowest BCUT2D eigenvalue weighted by atomic mass is 9.95. The average Bonchev–Trinajstić information content (AvgIpc) is 2.65. The Morgan fingerprint density at radius 2 is 1.90 bits per heavy atom. The van der Waals surface area contributed by atoms with Crippen LogP contribution in [0.1, 0.15) is 24.2 Å². The highest BCUT2D eigenvalue weighted by Gasteiger charge is 2.32. The van der Waals surface area contributed by atoms with Gasteiger partial charge < -0.3 is 11.1 Å². The Morgan fingerprint density at radius 3 is 2.53 bits per heavy atom. The van der Waals surface area contributed by atoms with Crippen LogP contribution < -0.4 is 21.9 Å². The Hall–Kier alpha value is -3.60. The lowest BCUT2D eigenvalue weighted by molar-refractivity contribution is -0.118. The Morgan fingerprint density at radius 1 is 1.17 bits per heavy atom. The molecular weight excluding hydrogens is 425 g/mol. The van der Waals surface area contributed by atoms with Gasteiger partial charge in [0.25, 0.3) is 5.91 Å². The number of allylic oxidation sites excluding steroid dienone is 1. The quantitative estimate of drug-likeness (QED) is 0.549. The molecule has 0 saturated heterocycles. The summed E-state index contributed by atoms with van der Waals surface area (Å²) in [6.45, 7) is 1.49. The van der Waals surface area contributed by atoms with E-state index in [4.69, 9.17) is 17.3 Å². The first kappa shape index (κ1) is 21.1. The number of nitrogens with two attached hydrogens (primary N) is 1. The number of amides is 3. The number of hydrogen-bond donors (Lipinski definition) is 4. The number of halogens is 4. The number of aliphatic imine (C=N–C) groups is 1. The molecule has 30 heavy (non-hydrogen) atoms. The van der Waals surface area contributed by atoms with E-state index < -0.39 is 35.4 Å². The Bertz CT molecular complexity index is 1110. The van der Waals surface area contributed by atoms with Crippen molar-refractivity contribution in [2.24, 2.45) is 10.7 Å². The smallest absolute Gasteiger partial charge is 0.330 e. The van der Waals surface area contributed by atoms with Crippen molar-refractivity contribution in [3.63, 3.8) is 0 Å². The van der Waals surface area contributed by atoms with Crippen molar-refractivity contribution >= 4 is 29.4 Å². The zero-order chi connectivity index (χ0) is 22.0.